The third-order valence-electron chi connectivity index (χ3n) is 16.5. The van der Waals surface area contributed by atoms with Crippen molar-refractivity contribution in [2.45, 2.75) is 149 Å². The lowest BCUT2D eigenvalue weighted by Crippen LogP contribution is -2.60. The Morgan fingerprint density at radius 1 is 1.06 bits per heavy atom. The van der Waals surface area contributed by atoms with Crippen LogP contribution >= 0.6 is 0 Å². The maximum absolute atomic E-state index is 13.0. The summed E-state index contributed by atoms with van der Waals surface area (Å²) in [6.45, 7) is 18.0. The van der Waals surface area contributed by atoms with E-state index in [0.717, 1.165) is 32.1 Å². The Balaban J connectivity index is 1.01. The van der Waals surface area contributed by atoms with Crippen LogP contribution in [0.3, 0.4) is 0 Å². The van der Waals surface area contributed by atoms with Crippen molar-refractivity contribution in [3.63, 3.8) is 0 Å². The van der Waals surface area contributed by atoms with Crippen LogP contribution in [-0.2, 0) is 23.7 Å². The molecule has 7 fully saturated rings. The lowest BCUT2D eigenvalue weighted by molar-refractivity contribution is -0.245. The van der Waals surface area contributed by atoms with Crippen molar-refractivity contribution in [3.8, 4) is 0 Å². The number of carbonyl (C=O) groups is 2. The first-order chi connectivity index (χ1) is 23.9. The van der Waals surface area contributed by atoms with E-state index in [0.29, 0.717) is 43.7 Å². The summed E-state index contributed by atoms with van der Waals surface area (Å²) in [6, 6.07) is 3.44. The van der Waals surface area contributed by atoms with E-state index in [-0.39, 0.29) is 57.0 Å². The largest absolute Gasteiger partial charge is 0.459 e. The Morgan fingerprint density at radius 2 is 1.78 bits per heavy atom. The summed E-state index contributed by atoms with van der Waals surface area (Å²) in [7, 11) is 0. The summed E-state index contributed by atoms with van der Waals surface area (Å²) in [6.07, 6.45) is 7.21. The zero-order chi connectivity index (χ0) is 36.5. The summed E-state index contributed by atoms with van der Waals surface area (Å²) in [5.74, 6) is 1.12. The zero-order valence-electron chi connectivity index (χ0n) is 32.0. The van der Waals surface area contributed by atoms with E-state index in [2.05, 4.69) is 34.6 Å². The Kier molecular flexibility index (Phi) is 8.30. The molecule has 3 heterocycles. The molecule has 8 rings (SSSR count). The van der Waals surface area contributed by atoms with Crippen molar-refractivity contribution in [1.82, 2.24) is 4.90 Å². The van der Waals surface area contributed by atoms with Gasteiger partial charge in [-0.05, 0) is 123 Å². The van der Waals surface area contributed by atoms with Crippen LogP contribution < -0.4 is 0 Å². The normalized spacial score (nSPS) is 47.6. The van der Waals surface area contributed by atoms with Crippen LogP contribution in [0, 0.1) is 50.7 Å². The van der Waals surface area contributed by atoms with Crippen molar-refractivity contribution in [1.29, 1.82) is 0 Å². The molecule has 5 unspecified atom stereocenters. The second-order valence-corrected chi connectivity index (χ2v) is 19.4. The fraction of sp³-hybridized carbons (Fsp3) is 0.854. The minimum absolute atomic E-state index is 0.0301. The van der Waals surface area contributed by atoms with Crippen LogP contribution in [0.15, 0.2) is 22.8 Å². The number of hydrogen-bond acceptors (Lipinski definition) is 9. The second-order valence-electron chi connectivity index (χ2n) is 19.4. The number of morpholine rings is 1. The molecule has 284 valence electrons. The lowest BCUT2D eigenvalue weighted by Gasteiger charge is -2.64. The molecule has 0 bridgehead atoms. The van der Waals surface area contributed by atoms with E-state index >= 15 is 0 Å². The molecule has 2 spiro atoms. The van der Waals surface area contributed by atoms with Gasteiger partial charge in [-0.2, -0.15) is 0 Å². The molecule has 5 aliphatic carbocycles. The van der Waals surface area contributed by atoms with Gasteiger partial charge < -0.3 is 38.5 Å². The maximum Gasteiger partial charge on any atom is 0.303 e. The van der Waals surface area contributed by atoms with Gasteiger partial charge in [0.2, 0.25) is 0 Å². The molecular formula is C41H61NO9. The van der Waals surface area contributed by atoms with Gasteiger partial charge in [-0.3, -0.25) is 9.59 Å². The Bertz CT molecular complexity index is 1520. The Morgan fingerprint density at radius 3 is 2.47 bits per heavy atom. The van der Waals surface area contributed by atoms with Gasteiger partial charge in [0.25, 0.3) is 5.91 Å². The first-order valence-corrected chi connectivity index (χ1v) is 19.7. The topological polar surface area (TPSA) is 128 Å². The predicted octanol–water partition coefficient (Wildman–Crippen LogP) is 5.98. The van der Waals surface area contributed by atoms with Gasteiger partial charge in [0.1, 0.15) is 0 Å². The Labute approximate surface area is 303 Å². The van der Waals surface area contributed by atoms with Crippen molar-refractivity contribution in [2.75, 3.05) is 19.7 Å². The molecule has 1 aromatic heterocycles. The average Bonchev–Trinajstić information content (AvgIpc) is 3.32. The molecule has 51 heavy (non-hydrogen) atoms. The minimum Gasteiger partial charge on any atom is -0.459 e. The highest BCUT2D eigenvalue weighted by Gasteiger charge is 2.84. The van der Waals surface area contributed by atoms with Crippen LogP contribution in [0.4, 0.5) is 0 Å². The van der Waals surface area contributed by atoms with E-state index < -0.39 is 36.2 Å². The van der Waals surface area contributed by atoms with Crippen molar-refractivity contribution < 1.29 is 43.2 Å². The van der Waals surface area contributed by atoms with E-state index in [1.165, 1.54) is 26.0 Å². The molecule has 0 radical (unpaired) electrons. The average molecular weight is 712 g/mol. The van der Waals surface area contributed by atoms with Crippen molar-refractivity contribution >= 4 is 11.9 Å². The van der Waals surface area contributed by atoms with E-state index in [9.17, 15) is 19.8 Å². The molecule has 2 saturated heterocycles. The van der Waals surface area contributed by atoms with Crippen LogP contribution in [-0.4, -0.2) is 89.1 Å². The smallest absolute Gasteiger partial charge is 0.303 e. The molecule has 7 aliphatic rings. The van der Waals surface area contributed by atoms with Crippen LogP contribution in [0.5, 0.6) is 0 Å². The molecule has 14 atom stereocenters. The third kappa shape index (κ3) is 4.97. The summed E-state index contributed by atoms with van der Waals surface area (Å²) in [4.78, 5) is 26.9. The number of furan rings is 1. The summed E-state index contributed by atoms with van der Waals surface area (Å²) in [5, 5.41) is 23.6. The molecule has 10 heteroatoms. The van der Waals surface area contributed by atoms with Gasteiger partial charge in [-0.15, -0.1) is 0 Å². The molecule has 5 saturated carbocycles. The minimum atomic E-state index is -1.27. The van der Waals surface area contributed by atoms with Gasteiger partial charge in [0.05, 0.1) is 49.4 Å². The van der Waals surface area contributed by atoms with E-state index in [1.807, 2.05) is 0 Å². The number of hydrogen-bond donors (Lipinski definition) is 2. The number of esters is 1. The van der Waals surface area contributed by atoms with Crippen molar-refractivity contribution in [3.05, 3.63) is 24.2 Å². The Hall–Kier alpha value is -1.98. The van der Waals surface area contributed by atoms with Gasteiger partial charge >= 0.3 is 5.97 Å². The zero-order valence-corrected chi connectivity index (χ0v) is 32.0. The molecular weight excluding hydrogens is 650 g/mol. The quantitative estimate of drug-likeness (QED) is 0.343. The van der Waals surface area contributed by atoms with Gasteiger partial charge in [-0.1, -0.05) is 34.6 Å². The van der Waals surface area contributed by atoms with Gasteiger partial charge in [-0.25, -0.2) is 0 Å². The second kappa shape index (κ2) is 11.8. The lowest BCUT2D eigenvalue weighted by atomic mass is 9.41. The number of aliphatic hydroxyl groups excluding tert-OH is 1. The summed E-state index contributed by atoms with van der Waals surface area (Å²) in [5.41, 5.74) is -1.31. The maximum atomic E-state index is 13.0. The predicted molar refractivity (Wildman–Crippen MR) is 187 cm³/mol. The summed E-state index contributed by atoms with van der Waals surface area (Å²) >= 11 is 0. The summed E-state index contributed by atoms with van der Waals surface area (Å²) < 4.78 is 30.8. The fourth-order valence-corrected chi connectivity index (χ4v) is 14.2. The molecule has 2 aliphatic heterocycles. The first kappa shape index (κ1) is 36.0. The van der Waals surface area contributed by atoms with Crippen molar-refractivity contribution in [2.24, 2.45) is 50.7 Å². The standard InChI is InChI=1S/C41H61NO9/c1-23-20-26(34(37(5,6)46)49-24(2)43)50-32-31(23)38(7)15-16-41-22-40(41)14-13-29(36(3,4)27(40)11-12-28(41)39(38,8)33(32)44)51-30-21-42(17-19-48-30)35(45)25-10-9-18-47-25/h9-10,18,23,26-34,44,46H,11-17,19-22H2,1-8H3/t23-,26?,27?,28?,29+,30+,31+,32?,33+,34+,38-,39-,40-,41?/m1/s1. The van der Waals surface area contributed by atoms with E-state index in [1.54, 1.807) is 30.9 Å². The number of ether oxygens (including phenoxy) is 4. The van der Waals surface area contributed by atoms with Crippen LogP contribution in [0.25, 0.3) is 0 Å². The number of carbonyl (C=O) groups excluding carboxylic acids is 2. The van der Waals surface area contributed by atoms with Gasteiger partial charge in [0.15, 0.2) is 18.2 Å². The molecule has 0 aromatic carbocycles. The van der Waals surface area contributed by atoms with Gasteiger partial charge in [0, 0.05) is 18.9 Å². The number of fused-ring (bicyclic) bond motifs is 4. The first-order valence-electron chi connectivity index (χ1n) is 19.7. The van der Waals surface area contributed by atoms with Crippen LogP contribution in [0.1, 0.15) is 117 Å². The number of rotatable bonds is 6. The highest BCUT2D eigenvalue weighted by Crippen LogP contribution is 2.89. The van der Waals surface area contributed by atoms with Crippen LogP contribution in [0.2, 0.25) is 0 Å². The highest BCUT2D eigenvalue weighted by atomic mass is 16.7. The fourth-order valence-electron chi connectivity index (χ4n) is 14.2. The molecule has 1 aromatic rings. The SMILES string of the molecule is CC(=O)O[C@@H](C1C[C@@H](C)[C@H]2C(O1)[C@H](O)[C@@]1(C)C3CCC4C(C)(C)[C@@H](O[C@H]5CN(C(=O)c6ccco6)CCO5)CC[C@@]45CC35CC[C@]21C)C(C)(C)O. The number of amides is 1. The highest BCUT2D eigenvalue weighted by molar-refractivity contribution is 5.91. The third-order valence-corrected chi connectivity index (χ3v) is 16.5. The monoisotopic (exact) mass is 711 g/mol. The number of aliphatic hydroxyl groups is 2. The van der Waals surface area contributed by atoms with E-state index in [4.69, 9.17) is 23.4 Å². The number of nitrogens with zero attached hydrogens (tertiary/aromatic N) is 1. The molecule has 2 N–H and O–H groups in total. The molecule has 10 nitrogen and oxygen atoms in total. The molecule has 1 amide bonds.